The van der Waals surface area contributed by atoms with E-state index in [9.17, 15) is 14.9 Å². The van der Waals surface area contributed by atoms with E-state index in [-0.39, 0.29) is 0 Å². The largest absolute Gasteiger partial charge is 0.465 e. The highest BCUT2D eigenvalue weighted by molar-refractivity contribution is 7.14. The van der Waals surface area contributed by atoms with Gasteiger partial charge in [0.1, 0.15) is 16.8 Å². The second kappa shape index (κ2) is 9.57. The zero-order chi connectivity index (χ0) is 24.4. The molecule has 35 heavy (non-hydrogen) atoms. The Kier molecular flexibility index (Phi) is 6.17. The lowest BCUT2D eigenvalue weighted by atomic mass is 9.86. The highest BCUT2D eigenvalue weighted by atomic mass is 32.1. The van der Waals surface area contributed by atoms with E-state index in [2.05, 4.69) is 5.32 Å². The number of furan rings is 1. The molecule has 0 spiro atoms. The Morgan fingerprint density at radius 1 is 1.23 bits per heavy atom. The maximum Gasteiger partial charge on any atom is 0.339 e. The summed E-state index contributed by atoms with van der Waals surface area (Å²) in [4.78, 5) is 31.1. The quantitative estimate of drug-likeness (QED) is 0.359. The molecule has 1 aliphatic carbocycles. The Labute approximate surface area is 205 Å². The lowest BCUT2D eigenvalue weighted by Gasteiger charge is -2.23. The Balaban J connectivity index is 1.49. The monoisotopic (exact) mass is 483 g/mol. The number of nitrogens with one attached hydrogen (secondary N) is 1. The Bertz CT molecular complexity index is 1490. The van der Waals surface area contributed by atoms with E-state index in [0.717, 1.165) is 35.4 Å². The van der Waals surface area contributed by atoms with Gasteiger partial charge in [-0.25, -0.2) is 9.78 Å². The van der Waals surface area contributed by atoms with E-state index < -0.39 is 18.0 Å². The summed E-state index contributed by atoms with van der Waals surface area (Å²) in [5.41, 5.74) is 4.05. The fourth-order valence-electron chi connectivity index (χ4n) is 4.23. The molecular weight excluding hydrogens is 462 g/mol. The van der Waals surface area contributed by atoms with Crippen molar-refractivity contribution in [3.63, 3.8) is 0 Å². The highest BCUT2D eigenvalue weighted by Gasteiger charge is 2.28. The van der Waals surface area contributed by atoms with Crippen molar-refractivity contribution in [2.24, 2.45) is 0 Å². The van der Waals surface area contributed by atoms with Crippen molar-refractivity contribution in [3.8, 4) is 6.07 Å². The Hall–Kier alpha value is -4.22. The number of anilines is 1. The van der Waals surface area contributed by atoms with Gasteiger partial charge in [0.2, 0.25) is 0 Å². The smallest absolute Gasteiger partial charge is 0.339 e. The van der Waals surface area contributed by atoms with E-state index >= 15 is 0 Å². The second-order valence-electron chi connectivity index (χ2n) is 8.18. The minimum absolute atomic E-state index is 0.368. The number of nitrogens with zero attached hydrogens (tertiary/aromatic N) is 2. The number of pyridine rings is 1. The number of ether oxygens (including phenoxy) is 1. The second-order valence-corrected chi connectivity index (χ2v) is 9.10. The van der Waals surface area contributed by atoms with Gasteiger partial charge in [0.25, 0.3) is 5.91 Å². The predicted octanol–water partition coefficient (Wildman–Crippen LogP) is 5.82. The number of allylic oxidation sites excluding steroid dienone is 1. The molecular formula is C27H21N3O4S. The van der Waals surface area contributed by atoms with Crippen molar-refractivity contribution in [3.05, 3.63) is 82.3 Å². The van der Waals surface area contributed by atoms with Crippen LogP contribution in [0.25, 0.3) is 22.6 Å². The van der Waals surface area contributed by atoms with Gasteiger partial charge in [-0.3, -0.25) is 4.79 Å². The van der Waals surface area contributed by atoms with Crippen LogP contribution in [0.4, 0.5) is 5.00 Å². The van der Waals surface area contributed by atoms with Gasteiger partial charge in [-0.2, -0.15) is 5.26 Å². The molecule has 5 rings (SSSR count). The van der Waals surface area contributed by atoms with Gasteiger partial charge >= 0.3 is 5.97 Å². The van der Waals surface area contributed by atoms with Gasteiger partial charge in [-0.1, -0.05) is 18.2 Å². The summed E-state index contributed by atoms with van der Waals surface area (Å²) in [6.45, 7) is 1.52. The lowest BCUT2D eigenvalue weighted by molar-refractivity contribution is -0.123. The Morgan fingerprint density at radius 3 is 2.89 bits per heavy atom. The summed E-state index contributed by atoms with van der Waals surface area (Å²) < 4.78 is 11.1. The van der Waals surface area contributed by atoms with Crippen LogP contribution in [0.1, 0.15) is 52.7 Å². The number of para-hydroxylation sites is 1. The fraction of sp³-hybridized carbons (Fsp3) is 0.185. The number of hydrogen-bond acceptors (Lipinski definition) is 7. The molecule has 1 aliphatic rings. The normalized spacial score (nSPS) is 14.8. The average Bonchev–Trinajstić information content (AvgIpc) is 3.54. The molecule has 1 atom stereocenters. The fourth-order valence-corrected chi connectivity index (χ4v) is 4.97. The molecule has 0 saturated heterocycles. The molecule has 3 aromatic heterocycles. The molecule has 174 valence electrons. The lowest BCUT2D eigenvalue weighted by Crippen LogP contribution is -2.30. The highest BCUT2D eigenvalue weighted by Crippen LogP contribution is 2.36. The van der Waals surface area contributed by atoms with E-state index in [0.29, 0.717) is 33.5 Å². The summed E-state index contributed by atoms with van der Waals surface area (Å²) in [6, 6.07) is 14.8. The van der Waals surface area contributed by atoms with Gasteiger partial charge < -0.3 is 14.5 Å². The van der Waals surface area contributed by atoms with Crippen molar-refractivity contribution in [2.75, 3.05) is 5.32 Å². The number of rotatable bonds is 5. The van der Waals surface area contributed by atoms with Gasteiger partial charge in [0.15, 0.2) is 6.10 Å². The van der Waals surface area contributed by atoms with Crippen molar-refractivity contribution >= 4 is 50.8 Å². The first-order chi connectivity index (χ1) is 17.0. The number of fused-ring (bicyclic) bond motifs is 2. The van der Waals surface area contributed by atoms with Crippen molar-refractivity contribution in [2.45, 2.75) is 32.3 Å². The molecule has 3 heterocycles. The molecule has 1 aromatic carbocycles. The molecule has 1 N–H and O–H groups in total. The van der Waals surface area contributed by atoms with Crippen molar-refractivity contribution in [1.29, 1.82) is 5.26 Å². The zero-order valence-electron chi connectivity index (χ0n) is 18.9. The topological polar surface area (TPSA) is 105 Å². The zero-order valence-corrected chi connectivity index (χ0v) is 19.7. The molecule has 0 bridgehead atoms. The maximum absolute atomic E-state index is 13.5. The van der Waals surface area contributed by atoms with Crippen molar-refractivity contribution in [1.82, 2.24) is 4.98 Å². The third-order valence-electron chi connectivity index (χ3n) is 5.91. The maximum atomic E-state index is 13.5. The number of esters is 1. The summed E-state index contributed by atoms with van der Waals surface area (Å²) in [7, 11) is 0. The summed E-state index contributed by atoms with van der Waals surface area (Å²) in [5.74, 6) is -0.348. The SMILES string of the molecule is CC(OC(=O)c1c2c(nc3ccccc13)/C(=C\c1ccco1)CCC2)C(=O)Nc1sccc1C#N. The molecule has 0 radical (unpaired) electrons. The number of aromatic nitrogens is 1. The number of carbonyl (C=O) groups is 2. The minimum atomic E-state index is -1.06. The predicted molar refractivity (Wildman–Crippen MR) is 134 cm³/mol. The first kappa shape index (κ1) is 22.6. The number of nitriles is 1. The average molecular weight is 484 g/mol. The van der Waals surface area contributed by atoms with Gasteiger partial charge in [-0.05, 0) is 73.0 Å². The van der Waals surface area contributed by atoms with E-state index in [1.807, 2.05) is 48.5 Å². The Morgan fingerprint density at radius 2 is 2.09 bits per heavy atom. The van der Waals surface area contributed by atoms with Crippen LogP contribution in [-0.2, 0) is 16.0 Å². The third-order valence-corrected chi connectivity index (χ3v) is 6.74. The molecule has 1 amide bonds. The third kappa shape index (κ3) is 4.46. The number of carbonyl (C=O) groups excluding carboxylic acids is 2. The van der Waals surface area contributed by atoms with Crippen LogP contribution in [0.2, 0.25) is 0 Å². The van der Waals surface area contributed by atoms with E-state index in [1.54, 1.807) is 17.7 Å². The molecule has 4 aromatic rings. The molecule has 8 heteroatoms. The summed E-state index contributed by atoms with van der Waals surface area (Å²) in [5, 5.41) is 14.7. The van der Waals surface area contributed by atoms with Gasteiger partial charge in [-0.15, -0.1) is 11.3 Å². The molecule has 0 fully saturated rings. The first-order valence-corrected chi connectivity index (χ1v) is 12.1. The van der Waals surface area contributed by atoms with Gasteiger partial charge in [0, 0.05) is 5.39 Å². The van der Waals surface area contributed by atoms with Crippen LogP contribution in [-0.4, -0.2) is 23.0 Å². The number of amides is 1. The summed E-state index contributed by atoms with van der Waals surface area (Å²) >= 11 is 1.24. The number of benzene rings is 1. The molecule has 1 unspecified atom stereocenters. The number of hydrogen-bond donors (Lipinski definition) is 1. The van der Waals surface area contributed by atoms with Crippen LogP contribution in [0.3, 0.4) is 0 Å². The van der Waals surface area contributed by atoms with Crippen LogP contribution in [0.15, 0.2) is 58.5 Å². The van der Waals surface area contributed by atoms with Crippen molar-refractivity contribution < 1.29 is 18.7 Å². The van der Waals surface area contributed by atoms with E-state index in [1.165, 1.54) is 18.3 Å². The van der Waals surface area contributed by atoms with Crippen LogP contribution in [0, 0.1) is 11.3 Å². The molecule has 7 nitrogen and oxygen atoms in total. The molecule has 0 aliphatic heterocycles. The number of thiophene rings is 1. The molecule has 0 saturated carbocycles. The van der Waals surface area contributed by atoms with E-state index in [4.69, 9.17) is 14.1 Å². The first-order valence-electron chi connectivity index (χ1n) is 11.2. The van der Waals surface area contributed by atoms with Crippen LogP contribution in [0.5, 0.6) is 0 Å². The van der Waals surface area contributed by atoms with Crippen LogP contribution < -0.4 is 5.32 Å². The minimum Gasteiger partial charge on any atom is -0.465 e. The van der Waals surface area contributed by atoms with Crippen LogP contribution >= 0.6 is 11.3 Å². The summed E-state index contributed by atoms with van der Waals surface area (Å²) in [6.07, 6.45) is 4.86. The van der Waals surface area contributed by atoms with Gasteiger partial charge in [0.05, 0.1) is 28.6 Å². The standard InChI is InChI=1S/C27H21N3O4S/c1-16(25(31)30-26-18(15-28)11-13-35-26)34-27(32)23-20-8-2-3-10-22(20)29-24-17(6-4-9-21(23)24)14-19-7-5-12-33-19/h2-3,5,7-8,10-14,16H,4,6,9H2,1H3,(H,30,31)/b17-14-.